The Morgan fingerprint density at radius 1 is 1.11 bits per heavy atom. The standard InChI is InChI=1S/C15H27NOSi/c1-15(2,3)18(5,6)17-12-14-10-8-7-9-13(14)11-16-4/h7-10,16H,11-12H2,1-6H3. The van der Waals surface area contributed by atoms with E-state index in [-0.39, 0.29) is 5.04 Å². The van der Waals surface area contributed by atoms with Crippen molar-refractivity contribution in [2.75, 3.05) is 7.05 Å². The molecule has 0 aromatic heterocycles. The molecule has 0 atom stereocenters. The highest BCUT2D eigenvalue weighted by molar-refractivity contribution is 6.74. The van der Waals surface area contributed by atoms with Gasteiger partial charge < -0.3 is 9.74 Å². The van der Waals surface area contributed by atoms with Gasteiger partial charge in [0.25, 0.3) is 0 Å². The Morgan fingerprint density at radius 2 is 1.67 bits per heavy atom. The fourth-order valence-corrected chi connectivity index (χ4v) is 2.49. The van der Waals surface area contributed by atoms with Crippen molar-refractivity contribution in [3.05, 3.63) is 35.4 Å². The van der Waals surface area contributed by atoms with Gasteiger partial charge in [-0.3, -0.25) is 0 Å². The van der Waals surface area contributed by atoms with Crippen LogP contribution in [0.4, 0.5) is 0 Å². The molecule has 0 bridgehead atoms. The number of nitrogens with one attached hydrogen (secondary N) is 1. The summed E-state index contributed by atoms with van der Waals surface area (Å²) in [6.07, 6.45) is 0. The van der Waals surface area contributed by atoms with Gasteiger partial charge in [0, 0.05) is 6.54 Å². The van der Waals surface area contributed by atoms with Crippen molar-refractivity contribution in [3.8, 4) is 0 Å². The van der Waals surface area contributed by atoms with Crippen LogP contribution in [0, 0.1) is 0 Å². The normalized spacial score (nSPS) is 12.8. The Morgan fingerprint density at radius 3 is 2.17 bits per heavy atom. The van der Waals surface area contributed by atoms with E-state index < -0.39 is 8.32 Å². The topological polar surface area (TPSA) is 21.3 Å². The molecule has 0 aliphatic carbocycles. The summed E-state index contributed by atoms with van der Waals surface area (Å²) >= 11 is 0. The van der Waals surface area contributed by atoms with Crippen LogP contribution in [0.2, 0.25) is 18.1 Å². The van der Waals surface area contributed by atoms with E-state index in [9.17, 15) is 0 Å². The van der Waals surface area contributed by atoms with Crippen LogP contribution in [0.1, 0.15) is 31.9 Å². The summed E-state index contributed by atoms with van der Waals surface area (Å²) in [5.74, 6) is 0. The second-order valence-corrected chi connectivity index (χ2v) is 11.2. The zero-order chi connectivity index (χ0) is 13.8. The molecule has 1 aromatic carbocycles. The maximum atomic E-state index is 6.28. The minimum Gasteiger partial charge on any atom is -0.413 e. The average Bonchev–Trinajstić information content (AvgIpc) is 2.27. The highest BCUT2D eigenvalue weighted by Gasteiger charge is 2.37. The van der Waals surface area contributed by atoms with Crippen molar-refractivity contribution < 1.29 is 4.43 Å². The van der Waals surface area contributed by atoms with Gasteiger partial charge in [-0.25, -0.2) is 0 Å². The first-order chi connectivity index (χ1) is 8.28. The molecule has 1 rings (SSSR count). The molecule has 0 spiro atoms. The first-order valence-corrected chi connectivity index (χ1v) is 9.54. The summed E-state index contributed by atoms with van der Waals surface area (Å²) in [7, 11) is 0.324. The SMILES string of the molecule is CNCc1ccccc1CO[Si](C)(C)C(C)(C)C. The van der Waals surface area contributed by atoms with Crippen LogP contribution < -0.4 is 5.32 Å². The average molecular weight is 265 g/mol. The maximum absolute atomic E-state index is 6.28. The van der Waals surface area contributed by atoms with Gasteiger partial charge in [-0.1, -0.05) is 45.0 Å². The third-order valence-electron chi connectivity index (χ3n) is 3.88. The monoisotopic (exact) mass is 265 g/mol. The van der Waals surface area contributed by atoms with Gasteiger partial charge in [0.15, 0.2) is 8.32 Å². The van der Waals surface area contributed by atoms with E-state index in [4.69, 9.17) is 4.43 Å². The smallest absolute Gasteiger partial charge is 0.192 e. The molecule has 0 heterocycles. The van der Waals surface area contributed by atoms with Gasteiger partial charge >= 0.3 is 0 Å². The lowest BCUT2D eigenvalue weighted by atomic mass is 10.1. The largest absolute Gasteiger partial charge is 0.413 e. The molecule has 0 saturated heterocycles. The molecule has 0 saturated carbocycles. The summed E-state index contributed by atoms with van der Waals surface area (Å²) < 4.78 is 6.28. The van der Waals surface area contributed by atoms with E-state index in [0.29, 0.717) is 0 Å². The lowest BCUT2D eigenvalue weighted by Crippen LogP contribution is -2.40. The van der Waals surface area contributed by atoms with Gasteiger partial charge in [0.2, 0.25) is 0 Å². The maximum Gasteiger partial charge on any atom is 0.192 e. The fraction of sp³-hybridized carbons (Fsp3) is 0.600. The summed E-state index contributed by atoms with van der Waals surface area (Å²) in [6, 6.07) is 8.51. The number of benzene rings is 1. The molecule has 0 aliphatic heterocycles. The minimum atomic E-state index is -1.65. The van der Waals surface area contributed by atoms with Crippen LogP contribution in [0.15, 0.2) is 24.3 Å². The molecular weight excluding hydrogens is 238 g/mol. The predicted molar refractivity (Wildman–Crippen MR) is 81.2 cm³/mol. The Labute approximate surface area is 113 Å². The fourth-order valence-electron chi connectivity index (χ4n) is 1.54. The molecule has 1 N–H and O–H groups in total. The molecule has 3 heteroatoms. The Balaban J connectivity index is 2.75. The third-order valence-corrected chi connectivity index (χ3v) is 8.36. The predicted octanol–water partition coefficient (Wildman–Crippen LogP) is 3.93. The number of hydrogen-bond acceptors (Lipinski definition) is 2. The van der Waals surface area contributed by atoms with E-state index in [1.807, 2.05) is 7.05 Å². The highest BCUT2D eigenvalue weighted by Crippen LogP contribution is 2.37. The molecule has 0 amide bonds. The van der Waals surface area contributed by atoms with Gasteiger partial charge in [-0.2, -0.15) is 0 Å². The van der Waals surface area contributed by atoms with Gasteiger partial charge in [0.05, 0.1) is 6.61 Å². The van der Waals surface area contributed by atoms with Crippen molar-refractivity contribution in [2.45, 2.75) is 52.1 Å². The van der Waals surface area contributed by atoms with Crippen LogP contribution >= 0.6 is 0 Å². The Hall–Kier alpha value is -0.643. The second kappa shape index (κ2) is 6.00. The van der Waals surface area contributed by atoms with Crippen LogP contribution in [0.25, 0.3) is 0 Å². The highest BCUT2D eigenvalue weighted by atomic mass is 28.4. The third kappa shape index (κ3) is 3.94. The van der Waals surface area contributed by atoms with Crippen LogP contribution in [0.5, 0.6) is 0 Å². The van der Waals surface area contributed by atoms with E-state index in [0.717, 1.165) is 13.2 Å². The summed E-state index contributed by atoms with van der Waals surface area (Å²) in [5, 5.41) is 3.48. The van der Waals surface area contributed by atoms with E-state index >= 15 is 0 Å². The van der Waals surface area contributed by atoms with Crippen molar-refractivity contribution in [1.29, 1.82) is 0 Å². The van der Waals surface area contributed by atoms with E-state index in [2.05, 4.69) is 63.4 Å². The van der Waals surface area contributed by atoms with Crippen molar-refractivity contribution in [1.82, 2.24) is 5.32 Å². The van der Waals surface area contributed by atoms with Crippen molar-refractivity contribution in [3.63, 3.8) is 0 Å². The van der Waals surface area contributed by atoms with E-state index in [1.165, 1.54) is 11.1 Å². The van der Waals surface area contributed by atoms with Crippen molar-refractivity contribution >= 4 is 8.32 Å². The number of rotatable bonds is 5. The molecular formula is C15H27NOSi. The van der Waals surface area contributed by atoms with Crippen LogP contribution in [-0.4, -0.2) is 15.4 Å². The number of hydrogen-bond donors (Lipinski definition) is 1. The van der Waals surface area contributed by atoms with E-state index in [1.54, 1.807) is 0 Å². The summed E-state index contributed by atoms with van der Waals surface area (Å²) in [5.41, 5.74) is 2.63. The lowest BCUT2D eigenvalue weighted by Gasteiger charge is -2.36. The first kappa shape index (κ1) is 15.4. The zero-order valence-electron chi connectivity index (χ0n) is 12.6. The van der Waals surface area contributed by atoms with Crippen molar-refractivity contribution in [2.24, 2.45) is 0 Å². The Bertz CT molecular complexity index is 382. The van der Waals surface area contributed by atoms with Gasteiger partial charge in [-0.05, 0) is 36.3 Å². The molecule has 0 radical (unpaired) electrons. The lowest BCUT2D eigenvalue weighted by molar-refractivity contribution is 0.275. The molecule has 0 fully saturated rings. The Kier molecular flexibility index (Phi) is 5.14. The molecule has 18 heavy (non-hydrogen) atoms. The second-order valence-electron chi connectivity index (χ2n) is 6.35. The van der Waals surface area contributed by atoms with Gasteiger partial charge in [-0.15, -0.1) is 0 Å². The first-order valence-electron chi connectivity index (χ1n) is 6.63. The quantitative estimate of drug-likeness (QED) is 0.815. The zero-order valence-corrected chi connectivity index (χ0v) is 13.6. The molecule has 102 valence electrons. The molecule has 0 aliphatic rings. The summed E-state index contributed by atoms with van der Waals surface area (Å²) in [4.78, 5) is 0. The minimum absolute atomic E-state index is 0.269. The van der Waals surface area contributed by atoms with Crippen LogP contribution in [0.3, 0.4) is 0 Å². The molecule has 1 aromatic rings. The summed E-state index contributed by atoms with van der Waals surface area (Å²) in [6.45, 7) is 13.1. The van der Waals surface area contributed by atoms with Crippen LogP contribution in [-0.2, 0) is 17.6 Å². The molecule has 2 nitrogen and oxygen atoms in total. The van der Waals surface area contributed by atoms with Gasteiger partial charge in [0.1, 0.15) is 0 Å². The molecule has 0 unspecified atom stereocenters.